The lowest BCUT2D eigenvalue weighted by molar-refractivity contribution is -0.118. The van der Waals surface area contributed by atoms with Crippen molar-refractivity contribution in [2.45, 2.75) is 26.5 Å². The summed E-state index contributed by atoms with van der Waals surface area (Å²) in [5, 5.41) is 2.76. The Hall–Kier alpha value is -1.95. The van der Waals surface area contributed by atoms with E-state index in [1.807, 2.05) is 45.0 Å². The topological polar surface area (TPSA) is 72.2 Å². The van der Waals surface area contributed by atoms with E-state index < -0.39 is 10.8 Å². The van der Waals surface area contributed by atoms with E-state index in [1.54, 1.807) is 0 Å². The Balaban J connectivity index is 1.90. The highest BCUT2D eigenvalue weighted by Gasteiger charge is 2.13. The molecule has 1 aromatic carbocycles. The number of benzene rings is 1. The molecular formula is C17H22N2O3S. The predicted octanol–water partition coefficient (Wildman–Crippen LogP) is 2.67. The summed E-state index contributed by atoms with van der Waals surface area (Å²) in [5.41, 5.74) is 2.63. The number of oxazole rings is 1. The molecule has 2 rings (SSSR count). The number of amides is 1. The fourth-order valence-electron chi connectivity index (χ4n) is 1.93. The number of carbonyl (C=O) groups excluding carboxylic acids is 1. The van der Waals surface area contributed by atoms with Crippen LogP contribution in [0.3, 0.4) is 0 Å². The molecule has 6 heteroatoms. The summed E-state index contributed by atoms with van der Waals surface area (Å²) in [6, 6.07) is 7.83. The molecule has 124 valence electrons. The number of hydrogen-bond acceptors (Lipinski definition) is 4. The third kappa shape index (κ3) is 5.63. The first kappa shape index (κ1) is 17.4. The van der Waals surface area contributed by atoms with E-state index >= 15 is 0 Å². The van der Waals surface area contributed by atoms with Gasteiger partial charge < -0.3 is 9.73 Å². The number of carbonyl (C=O) groups is 1. The number of rotatable bonds is 7. The van der Waals surface area contributed by atoms with Crippen molar-refractivity contribution >= 4 is 16.7 Å². The van der Waals surface area contributed by atoms with Gasteiger partial charge in [0.15, 0.2) is 0 Å². The molecule has 0 aliphatic carbocycles. The number of hydrogen-bond donors (Lipinski definition) is 1. The maximum absolute atomic E-state index is 12.0. The molecule has 0 radical (unpaired) electrons. The molecule has 5 nitrogen and oxygen atoms in total. The molecule has 0 saturated carbocycles. The highest BCUT2D eigenvalue weighted by molar-refractivity contribution is 7.84. The van der Waals surface area contributed by atoms with Gasteiger partial charge in [0.05, 0.1) is 11.4 Å². The Labute approximate surface area is 139 Å². The van der Waals surface area contributed by atoms with Gasteiger partial charge in [0.25, 0.3) is 0 Å². The van der Waals surface area contributed by atoms with Crippen molar-refractivity contribution in [2.24, 2.45) is 5.92 Å². The van der Waals surface area contributed by atoms with Crippen LogP contribution in [0.25, 0.3) is 11.5 Å². The van der Waals surface area contributed by atoms with Crippen molar-refractivity contribution in [3.8, 4) is 11.5 Å². The van der Waals surface area contributed by atoms with Crippen LogP contribution in [0, 0.1) is 12.8 Å². The van der Waals surface area contributed by atoms with E-state index in [1.165, 1.54) is 6.26 Å². The van der Waals surface area contributed by atoms with Gasteiger partial charge in [0.2, 0.25) is 11.8 Å². The average molecular weight is 334 g/mol. The molecule has 0 unspecified atom stereocenters. The molecule has 0 fully saturated rings. The van der Waals surface area contributed by atoms with Gasteiger partial charge in [-0.3, -0.25) is 9.00 Å². The zero-order chi connectivity index (χ0) is 16.8. The Morgan fingerprint density at radius 3 is 2.65 bits per heavy atom. The average Bonchev–Trinajstić information content (AvgIpc) is 2.94. The van der Waals surface area contributed by atoms with Crippen LogP contribution in [0.4, 0.5) is 0 Å². The van der Waals surface area contributed by atoms with Crippen molar-refractivity contribution in [3.63, 3.8) is 0 Å². The standard InChI is InChI=1S/C17H22N2O3S/c1-12(2)8-18-16(20)11-23(21)10-15-9-22-17(19-15)14-6-4-13(3)5-7-14/h4-7,9,12H,8,10-11H2,1-3H3,(H,18,20)/t23-/m1/s1. The van der Waals surface area contributed by atoms with Crippen molar-refractivity contribution in [3.05, 3.63) is 41.8 Å². The van der Waals surface area contributed by atoms with Crippen LogP contribution in [0.5, 0.6) is 0 Å². The first-order valence-electron chi connectivity index (χ1n) is 7.57. The van der Waals surface area contributed by atoms with Gasteiger partial charge >= 0.3 is 0 Å². The van der Waals surface area contributed by atoms with Crippen molar-refractivity contribution in [2.75, 3.05) is 12.3 Å². The minimum atomic E-state index is -1.30. The fraction of sp³-hybridized carbons (Fsp3) is 0.412. The quantitative estimate of drug-likeness (QED) is 0.845. The highest BCUT2D eigenvalue weighted by atomic mass is 32.2. The summed E-state index contributed by atoms with van der Waals surface area (Å²) in [6.07, 6.45) is 1.50. The second-order valence-corrected chi connectivity index (χ2v) is 7.39. The molecule has 1 amide bonds. The summed E-state index contributed by atoms with van der Waals surface area (Å²) >= 11 is 0. The van der Waals surface area contributed by atoms with Gasteiger partial charge in [-0.1, -0.05) is 31.5 Å². The summed E-state index contributed by atoms with van der Waals surface area (Å²) < 4.78 is 17.5. The molecular weight excluding hydrogens is 312 g/mol. The van der Waals surface area contributed by atoms with Crippen LogP contribution in [-0.2, 0) is 21.3 Å². The number of aryl methyl sites for hydroxylation is 1. The second-order valence-electron chi connectivity index (χ2n) is 5.94. The summed E-state index contributed by atoms with van der Waals surface area (Å²) in [6.45, 7) is 6.63. The zero-order valence-electron chi connectivity index (χ0n) is 13.7. The van der Waals surface area contributed by atoms with Gasteiger partial charge in [0, 0.05) is 22.9 Å². The Bertz CT molecular complexity index is 677. The second kappa shape index (κ2) is 8.06. The molecule has 23 heavy (non-hydrogen) atoms. The van der Waals surface area contributed by atoms with Gasteiger partial charge in [-0.2, -0.15) is 0 Å². The molecule has 1 atom stereocenters. The van der Waals surface area contributed by atoms with Gasteiger partial charge in [-0.25, -0.2) is 4.98 Å². The van der Waals surface area contributed by atoms with E-state index in [9.17, 15) is 9.00 Å². The first-order chi connectivity index (χ1) is 10.9. The van der Waals surface area contributed by atoms with Crippen LogP contribution in [0.2, 0.25) is 0 Å². The SMILES string of the molecule is Cc1ccc(-c2nc(C[S@@](=O)CC(=O)NCC(C)C)co2)cc1. The van der Waals surface area contributed by atoms with Crippen LogP contribution in [-0.4, -0.2) is 27.4 Å². The molecule has 0 saturated heterocycles. The van der Waals surface area contributed by atoms with E-state index in [4.69, 9.17) is 4.42 Å². The molecule has 0 aliphatic heterocycles. The van der Waals surface area contributed by atoms with Gasteiger partial charge in [0.1, 0.15) is 12.0 Å². The predicted molar refractivity (Wildman–Crippen MR) is 91.2 cm³/mol. The fourth-order valence-corrected chi connectivity index (χ4v) is 2.89. The monoisotopic (exact) mass is 334 g/mol. The molecule has 0 bridgehead atoms. The molecule has 2 aromatic rings. The molecule has 1 N–H and O–H groups in total. The Morgan fingerprint density at radius 2 is 2.00 bits per heavy atom. The van der Waals surface area contributed by atoms with E-state index in [-0.39, 0.29) is 17.4 Å². The summed E-state index contributed by atoms with van der Waals surface area (Å²) in [4.78, 5) is 16.0. The normalized spacial score (nSPS) is 12.3. The first-order valence-corrected chi connectivity index (χ1v) is 9.06. The van der Waals surface area contributed by atoms with Gasteiger partial charge in [-0.15, -0.1) is 0 Å². The van der Waals surface area contributed by atoms with Crippen molar-refractivity contribution in [1.29, 1.82) is 0 Å². The smallest absolute Gasteiger partial charge is 0.232 e. The molecule has 0 aliphatic rings. The van der Waals surface area contributed by atoms with Crippen LogP contribution < -0.4 is 5.32 Å². The van der Waals surface area contributed by atoms with E-state index in [2.05, 4.69) is 10.3 Å². The lowest BCUT2D eigenvalue weighted by Gasteiger charge is -2.06. The largest absolute Gasteiger partial charge is 0.444 e. The summed E-state index contributed by atoms with van der Waals surface area (Å²) in [7, 11) is -1.30. The van der Waals surface area contributed by atoms with Crippen LogP contribution in [0.15, 0.2) is 34.9 Å². The minimum absolute atomic E-state index is 0.0144. The minimum Gasteiger partial charge on any atom is -0.444 e. The molecule has 0 spiro atoms. The maximum Gasteiger partial charge on any atom is 0.232 e. The lowest BCUT2D eigenvalue weighted by atomic mass is 10.1. The number of aromatic nitrogens is 1. The van der Waals surface area contributed by atoms with Crippen LogP contribution in [0.1, 0.15) is 25.1 Å². The number of nitrogens with zero attached hydrogens (tertiary/aromatic N) is 1. The van der Waals surface area contributed by atoms with Gasteiger partial charge in [-0.05, 0) is 25.0 Å². The van der Waals surface area contributed by atoms with Crippen molar-refractivity contribution < 1.29 is 13.4 Å². The summed E-state index contributed by atoms with van der Waals surface area (Å²) in [5.74, 6) is 0.879. The highest BCUT2D eigenvalue weighted by Crippen LogP contribution is 2.19. The maximum atomic E-state index is 12.0. The lowest BCUT2D eigenvalue weighted by Crippen LogP contribution is -2.31. The van der Waals surface area contributed by atoms with E-state index in [0.717, 1.165) is 11.1 Å². The molecule has 1 aromatic heterocycles. The number of nitrogens with one attached hydrogen (secondary N) is 1. The van der Waals surface area contributed by atoms with Crippen LogP contribution >= 0.6 is 0 Å². The Kier molecular flexibility index (Phi) is 6.10. The van der Waals surface area contributed by atoms with Crippen molar-refractivity contribution in [1.82, 2.24) is 10.3 Å². The third-order valence-corrected chi connectivity index (χ3v) is 4.36. The third-order valence-electron chi connectivity index (χ3n) is 3.16. The van der Waals surface area contributed by atoms with E-state index in [0.29, 0.717) is 24.0 Å². The molecule has 1 heterocycles. The Morgan fingerprint density at radius 1 is 1.30 bits per heavy atom. The zero-order valence-corrected chi connectivity index (χ0v) is 14.5.